The maximum Gasteiger partial charge on any atom is 0.260 e. The molecule has 0 fully saturated rings. The summed E-state index contributed by atoms with van der Waals surface area (Å²) in [6, 6.07) is 9.38. The smallest absolute Gasteiger partial charge is 0.260 e. The summed E-state index contributed by atoms with van der Waals surface area (Å²) in [5, 5.41) is 0. The number of hydrogen-bond donors (Lipinski definition) is 0. The zero-order valence-corrected chi connectivity index (χ0v) is 8.43. The Bertz CT molecular complexity index is 434. The molecule has 2 rings (SSSR count). The number of likely N-dealkylation sites (N-methyl/N-ethyl adjacent to an activating group) is 1. The van der Waals surface area contributed by atoms with Crippen molar-refractivity contribution < 1.29 is 9.59 Å². The van der Waals surface area contributed by atoms with Crippen molar-refractivity contribution >= 4 is 17.4 Å². The number of carbonyl (C=O) groups is 2. The quantitative estimate of drug-likeness (QED) is 0.645. The van der Waals surface area contributed by atoms with E-state index in [1.807, 2.05) is 30.3 Å². The van der Waals surface area contributed by atoms with E-state index in [0.29, 0.717) is 12.0 Å². The van der Waals surface area contributed by atoms with Gasteiger partial charge in [-0.25, -0.2) is 0 Å². The van der Waals surface area contributed by atoms with Gasteiger partial charge < -0.3 is 0 Å². The van der Waals surface area contributed by atoms with Crippen LogP contribution < -0.4 is 0 Å². The number of benzene rings is 1. The molecule has 0 saturated carbocycles. The van der Waals surface area contributed by atoms with Crippen molar-refractivity contribution in [1.82, 2.24) is 4.90 Å². The molecular weight excluding hydrogens is 190 g/mol. The van der Waals surface area contributed by atoms with Crippen LogP contribution in [0.2, 0.25) is 0 Å². The molecule has 3 heteroatoms. The van der Waals surface area contributed by atoms with E-state index in [1.165, 1.54) is 11.9 Å². The van der Waals surface area contributed by atoms with Crippen LogP contribution >= 0.6 is 0 Å². The van der Waals surface area contributed by atoms with E-state index >= 15 is 0 Å². The van der Waals surface area contributed by atoms with Crippen molar-refractivity contribution in [2.75, 3.05) is 7.05 Å². The van der Waals surface area contributed by atoms with E-state index in [1.54, 1.807) is 6.08 Å². The van der Waals surface area contributed by atoms with Crippen LogP contribution in [0.5, 0.6) is 0 Å². The predicted octanol–water partition coefficient (Wildman–Crippen LogP) is 1.46. The van der Waals surface area contributed by atoms with Crippen LogP contribution in [0.4, 0.5) is 0 Å². The summed E-state index contributed by atoms with van der Waals surface area (Å²) in [5.41, 5.74) is 1.47. The standard InChI is InChI=1S/C12H11NO2/c1-13-11(14)8-7-10(12(13)15)9-5-3-2-4-6-9/h2-7H,8H2,1H3. The summed E-state index contributed by atoms with van der Waals surface area (Å²) >= 11 is 0. The van der Waals surface area contributed by atoms with Crippen molar-refractivity contribution in [2.45, 2.75) is 6.42 Å². The van der Waals surface area contributed by atoms with Crippen molar-refractivity contribution in [3.05, 3.63) is 42.0 Å². The van der Waals surface area contributed by atoms with Crippen LogP contribution in [0, 0.1) is 0 Å². The molecule has 0 saturated heterocycles. The molecule has 1 heterocycles. The highest BCUT2D eigenvalue weighted by Gasteiger charge is 2.25. The van der Waals surface area contributed by atoms with Gasteiger partial charge in [-0.05, 0) is 5.56 Å². The van der Waals surface area contributed by atoms with Crippen LogP contribution in [0.1, 0.15) is 12.0 Å². The van der Waals surface area contributed by atoms with E-state index in [4.69, 9.17) is 0 Å². The first-order valence-electron chi connectivity index (χ1n) is 4.76. The second kappa shape index (κ2) is 3.69. The molecule has 1 aliphatic heterocycles. The summed E-state index contributed by atoms with van der Waals surface area (Å²) in [5.74, 6) is -0.378. The average molecular weight is 201 g/mol. The Morgan fingerprint density at radius 3 is 2.47 bits per heavy atom. The number of imide groups is 1. The Balaban J connectivity index is 2.39. The maximum atomic E-state index is 11.8. The minimum absolute atomic E-state index is 0.153. The lowest BCUT2D eigenvalue weighted by Gasteiger charge is -2.21. The Labute approximate surface area is 88.0 Å². The Kier molecular flexibility index (Phi) is 2.37. The fourth-order valence-corrected chi connectivity index (χ4v) is 1.57. The number of hydrogen-bond acceptors (Lipinski definition) is 2. The lowest BCUT2D eigenvalue weighted by Crippen LogP contribution is -2.36. The van der Waals surface area contributed by atoms with Gasteiger partial charge >= 0.3 is 0 Å². The largest absolute Gasteiger partial charge is 0.281 e. The van der Waals surface area contributed by atoms with Gasteiger partial charge in [0, 0.05) is 19.0 Å². The van der Waals surface area contributed by atoms with Crippen molar-refractivity contribution in [2.24, 2.45) is 0 Å². The molecule has 0 spiro atoms. The third kappa shape index (κ3) is 1.68. The first-order chi connectivity index (χ1) is 7.20. The van der Waals surface area contributed by atoms with E-state index in [0.717, 1.165) is 5.56 Å². The fraction of sp³-hybridized carbons (Fsp3) is 0.167. The molecule has 1 aromatic rings. The third-order valence-corrected chi connectivity index (χ3v) is 2.47. The molecule has 3 nitrogen and oxygen atoms in total. The second-order valence-electron chi connectivity index (χ2n) is 3.45. The first-order valence-corrected chi connectivity index (χ1v) is 4.76. The number of amides is 2. The minimum Gasteiger partial charge on any atom is -0.281 e. The lowest BCUT2D eigenvalue weighted by atomic mass is 10.0. The van der Waals surface area contributed by atoms with E-state index in [9.17, 15) is 9.59 Å². The molecule has 2 amide bonds. The van der Waals surface area contributed by atoms with Gasteiger partial charge in [0.05, 0.1) is 0 Å². The monoisotopic (exact) mass is 201 g/mol. The average Bonchev–Trinajstić information content (AvgIpc) is 2.27. The van der Waals surface area contributed by atoms with Gasteiger partial charge in [-0.15, -0.1) is 0 Å². The predicted molar refractivity (Wildman–Crippen MR) is 56.8 cm³/mol. The molecule has 15 heavy (non-hydrogen) atoms. The van der Waals surface area contributed by atoms with Gasteiger partial charge in [-0.1, -0.05) is 36.4 Å². The Hall–Kier alpha value is -1.90. The Morgan fingerprint density at radius 2 is 1.80 bits per heavy atom. The molecule has 0 N–H and O–H groups in total. The topological polar surface area (TPSA) is 37.4 Å². The van der Waals surface area contributed by atoms with Gasteiger partial charge in [0.25, 0.3) is 5.91 Å². The highest BCUT2D eigenvalue weighted by molar-refractivity contribution is 6.25. The molecule has 0 bridgehead atoms. The molecule has 0 aliphatic carbocycles. The van der Waals surface area contributed by atoms with E-state index < -0.39 is 0 Å². The number of rotatable bonds is 1. The van der Waals surface area contributed by atoms with Crippen molar-refractivity contribution in [3.8, 4) is 0 Å². The van der Waals surface area contributed by atoms with Crippen LogP contribution in [0.15, 0.2) is 36.4 Å². The van der Waals surface area contributed by atoms with Crippen LogP contribution in [-0.4, -0.2) is 23.8 Å². The van der Waals surface area contributed by atoms with Gasteiger partial charge in [0.15, 0.2) is 0 Å². The summed E-state index contributed by atoms with van der Waals surface area (Å²) in [6.45, 7) is 0. The molecule has 0 atom stereocenters. The van der Waals surface area contributed by atoms with Crippen LogP contribution in [-0.2, 0) is 9.59 Å². The summed E-state index contributed by atoms with van der Waals surface area (Å²) in [7, 11) is 1.51. The number of nitrogens with zero attached hydrogens (tertiary/aromatic N) is 1. The van der Waals surface area contributed by atoms with Gasteiger partial charge in [-0.2, -0.15) is 0 Å². The summed E-state index contributed by atoms with van der Waals surface area (Å²) in [4.78, 5) is 24.2. The lowest BCUT2D eigenvalue weighted by molar-refractivity contribution is -0.139. The SMILES string of the molecule is CN1C(=O)CC=C(c2ccccc2)C1=O. The molecule has 0 unspecified atom stereocenters. The molecule has 1 aromatic carbocycles. The zero-order chi connectivity index (χ0) is 10.8. The molecule has 0 aromatic heterocycles. The summed E-state index contributed by atoms with van der Waals surface area (Å²) in [6.07, 6.45) is 1.99. The molecular formula is C12H11NO2. The van der Waals surface area contributed by atoms with Gasteiger partial charge in [0.2, 0.25) is 5.91 Å². The van der Waals surface area contributed by atoms with Crippen LogP contribution in [0.25, 0.3) is 5.57 Å². The van der Waals surface area contributed by atoms with Gasteiger partial charge in [-0.3, -0.25) is 14.5 Å². The maximum absolute atomic E-state index is 11.8. The molecule has 0 radical (unpaired) electrons. The third-order valence-electron chi connectivity index (χ3n) is 2.47. The minimum atomic E-state index is -0.225. The number of carbonyl (C=O) groups excluding carboxylic acids is 2. The molecule has 76 valence electrons. The van der Waals surface area contributed by atoms with E-state index in [-0.39, 0.29) is 11.8 Å². The van der Waals surface area contributed by atoms with Crippen molar-refractivity contribution in [1.29, 1.82) is 0 Å². The zero-order valence-electron chi connectivity index (χ0n) is 8.43. The Morgan fingerprint density at radius 1 is 1.13 bits per heavy atom. The fourth-order valence-electron chi connectivity index (χ4n) is 1.57. The van der Waals surface area contributed by atoms with Gasteiger partial charge in [0.1, 0.15) is 0 Å². The normalized spacial score (nSPS) is 16.6. The van der Waals surface area contributed by atoms with Crippen LogP contribution in [0.3, 0.4) is 0 Å². The molecule has 1 aliphatic rings. The highest BCUT2D eigenvalue weighted by atomic mass is 16.2. The summed E-state index contributed by atoms with van der Waals surface area (Å²) < 4.78 is 0. The first kappa shape index (κ1) is 9.65. The highest BCUT2D eigenvalue weighted by Crippen LogP contribution is 2.21. The second-order valence-corrected chi connectivity index (χ2v) is 3.45. The van der Waals surface area contributed by atoms with Crippen molar-refractivity contribution in [3.63, 3.8) is 0 Å². The van der Waals surface area contributed by atoms with E-state index in [2.05, 4.69) is 0 Å².